The Morgan fingerprint density at radius 3 is 2.39 bits per heavy atom. The molecule has 6 heteroatoms. The summed E-state index contributed by atoms with van der Waals surface area (Å²) >= 11 is 1.42. The second-order valence-electron chi connectivity index (χ2n) is 4.83. The first-order valence-corrected chi connectivity index (χ1v) is 7.89. The minimum absolute atomic E-state index is 0.195. The number of ether oxygens (including phenoxy) is 1. The number of hydrogen-bond donors (Lipinski definition) is 2. The number of nitrogens with two attached hydrogens (primary N) is 1. The van der Waals surface area contributed by atoms with E-state index in [1.165, 1.54) is 11.8 Å². The fraction of sp³-hybridized carbons (Fsp3) is 0.176. The van der Waals surface area contributed by atoms with E-state index in [-0.39, 0.29) is 11.2 Å². The number of amides is 2. The molecule has 0 aliphatic rings. The minimum Gasteiger partial charge on any atom is -0.497 e. The Kier molecular flexibility index (Phi) is 5.65. The van der Waals surface area contributed by atoms with E-state index in [4.69, 9.17) is 10.5 Å². The number of hydrogen-bond acceptors (Lipinski definition) is 4. The highest BCUT2D eigenvalue weighted by atomic mass is 32.2. The van der Waals surface area contributed by atoms with E-state index in [1.807, 2.05) is 24.3 Å². The number of rotatable bonds is 6. The van der Waals surface area contributed by atoms with Crippen LogP contribution in [-0.4, -0.2) is 24.2 Å². The van der Waals surface area contributed by atoms with Gasteiger partial charge < -0.3 is 15.8 Å². The fourth-order valence-electron chi connectivity index (χ4n) is 1.95. The van der Waals surface area contributed by atoms with Crippen molar-refractivity contribution in [2.45, 2.75) is 17.1 Å². The third-order valence-corrected chi connectivity index (χ3v) is 4.30. The number of anilines is 1. The molecule has 0 unspecified atom stereocenters. The summed E-state index contributed by atoms with van der Waals surface area (Å²) in [6.45, 7) is 1.80. The lowest BCUT2D eigenvalue weighted by molar-refractivity contribution is -0.115. The lowest BCUT2D eigenvalue weighted by atomic mass is 10.1. The van der Waals surface area contributed by atoms with E-state index in [0.29, 0.717) is 11.3 Å². The normalized spacial score (nSPS) is 11.6. The molecule has 2 rings (SSSR count). The number of benzene rings is 2. The fourth-order valence-corrected chi connectivity index (χ4v) is 2.82. The third kappa shape index (κ3) is 4.50. The monoisotopic (exact) mass is 330 g/mol. The Labute approximate surface area is 139 Å². The zero-order chi connectivity index (χ0) is 16.8. The Bertz CT molecular complexity index is 701. The van der Waals surface area contributed by atoms with Crippen molar-refractivity contribution in [1.82, 2.24) is 0 Å². The molecule has 0 saturated heterocycles. The van der Waals surface area contributed by atoms with Crippen LogP contribution in [0.25, 0.3) is 0 Å². The van der Waals surface area contributed by atoms with Gasteiger partial charge in [0.1, 0.15) is 5.75 Å². The molecule has 0 aliphatic carbocycles. The molecule has 23 heavy (non-hydrogen) atoms. The molecule has 1 atom stereocenters. The number of nitrogens with one attached hydrogen (secondary N) is 1. The van der Waals surface area contributed by atoms with Gasteiger partial charge in [0.2, 0.25) is 5.91 Å². The maximum absolute atomic E-state index is 12.3. The number of carbonyl (C=O) groups is 2. The predicted octanol–water partition coefficient (Wildman–Crippen LogP) is 2.91. The summed E-state index contributed by atoms with van der Waals surface area (Å²) in [6.07, 6.45) is 0. The summed E-state index contributed by atoms with van der Waals surface area (Å²) in [5.74, 6) is -0.00211. The molecule has 2 aromatic rings. The smallest absolute Gasteiger partial charge is 0.250 e. The maximum atomic E-state index is 12.3. The van der Waals surface area contributed by atoms with Crippen molar-refractivity contribution >= 4 is 29.3 Å². The lowest BCUT2D eigenvalue weighted by Gasteiger charge is -2.14. The van der Waals surface area contributed by atoms with Crippen LogP contribution < -0.4 is 15.8 Å². The molecule has 0 aromatic heterocycles. The quantitative estimate of drug-likeness (QED) is 0.798. The number of thioether (sulfide) groups is 1. The zero-order valence-electron chi connectivity index (χ0n) is 12.9. The van der Waals surface area contributed by atoms with Crippen molar-refractivity contribution in [3.63, 3.8) is 0 Å². The van der Waals surface area contributed by atoms with Crippen molar-refractivity contribution in [1.29, 1.82) is 0 Å². The summed E-state index contributed by atoms with van der Waals surface area (Å²) in [5, 5.41) is 2.42. The second-order valence-corrected chi connectivity index (χ2v) is 6.25. The van der Waals surface area contributed by atoms with Crippen molar-refractivity contribution in [2.75, 3.05) is 12.4 Å². The van der Waals surface area contributed by atoms with Gasteiger partial charge in [-0.25, -0.2) is 0 Å². The number of methoxy groups -OCH3 is 1. The summed E-state index contributed by atoms with van der Waals surface area (Å²) in [4.78, 5) is 24.6. The van der Waals surface area contributed by atoms with Crippen LogP contribution in [0, 0.1) is 0 Å². The van der Waals surface area contributed by atoms with Gasteiger partial charge in [-0.05, 0) is 43.3 Å². The van der Waals surface area contributed by atoms with Crippen LogP contribution >= 0.6 is 11.8 Å². The summed E-state index contributed by atoms with van der Waals surface area (Å²) in [7, 11) is 1.61. The first kappa shape index (κ1) is 16.9. The molecule has 0 saturated carbocycles. The van der Waals surface area contributed by atoms with Gasteiger partial charge in [0.05, 0.1) is 23.6 Å². The van der Waals surface area contributed by atoms with Gasteiger partial charge >= 0.3 is 0 Å². The van der Waals surface area contributed by atoms with Gasteiger partial charge in [0, 0.05) is 4.90 Å². The van der Waals surface area contributed by atoms with Gasteiger partial charge in [0.15, 0.2) is 0 Å². The Hall–Kier alpha value is -2.47. The first-order chi connectivity index (χ1) is 11.0. The number of para-hydroxylation sites is 1. The molecule has 0 spiro atoms. The van der Waals surface area contributed by atoms with Gasteiger partial charge in [-0.15, -0.1) is 11.8 Å². The highest BCUT2D eigenvalue weighted by Crippen LogP contribution is 2.26. The highest BCUT2D eigenvalue weighted by Gasteiger charge is 2.17. The lowest BCUT2D eigenvalue weighted by Crippen LogP contribution is -2.24. The molecular formula is C17H18N2O3S. The van der Waals surface area contributed by atoms with E-state index >= 15 is 0 Å². The van der Waals surface area contributed by atoms with Crippen molar-refractivity contribution in [2.24, 2.45) is 5.73 Å². The predicted molar refractivity (Wildman–Crippen MR) is 91.9 cm³/mol. The van der Waals surface area contributed by atoms with Gasteiger partial charge in [0.25, 0.3) is 5.91 Å². The van der Waals surface area contributed by atoms with Crippen molar-refractivity contribution in [3.8, 4) is 5.75 Å². The minimum atomic E-state index is -0.573. The van der Waals surface area contributed by atoms with E-state index in [2.05, 4.69) is 5.32 Å². The Morgan fingerprint density at radius 2 is 1.78 bits per heavy atom. The molecule has 0 radical (unpaired) electrons. The highest BCUT2D eigenvalue weighted by molar-refractivity contribution is 8.00. The van der Waals surface area contributed by atoms with Crippen LogP contribution in [0.4, 0.5) is 5.69 Å². The molecule has 2 aromatic carbocycles. The van der Waals surface area contributed by atoms with Crippen LogP contribution in [-0.2, 0) is 4.79 Å². The number of primary amides is 1. The molecule has 0 bridgehead atoms. The van der Waals surface area contributed by atoms with Crippen LogP contribution in [0.3, 0.4) is 0 Å². The topological polar surface area (TPSA) is 81.4 Å². The molecule has 120 valence electrons. The molecule has 0 heterocycles. The van der Waals surface area contributed by atoms with E-state index in [0.717, 1.165) is 10.6 Å². The summed E-state index contributed by atoms with van der Waals surface area (Å²) in [5.41, 5.74) is 6.03. The zero-order valence-corrected chi connectivity index (χ0v) is 13.7. The van der Waals surface area contributed by atoms with E-state index < -0.39 is 5.91 Å². The largest absolute Gasteiger partial charge is 0.497 e. The van der Waals surface area contributed by atoms with Crippen LogP contribution in [0.2, 0.25) is 0 Å². The standard InChI is InChI=1S/C17H18N2O3S/c1-11(23-13-9-7-12(22-2)8-10-13)17(21)19-15-6-4-3-5-14(15)16(18)20/h3-11H,1-2H3,(H2,18,20)(H,19,21)/t11-/m0/s1. The van der Waals surface area contributed by atoms with Gasteiger partial charge in [-0.1, -0.05) is 12.1 Å². The summed E-state index contributed by atoms with van der Waals surface area (Å²) < 4.78 is 5.10. The summed E-state index contributed by atoms with van der Waals surface area (Å²) in [6, 6.07) is 14.1. The Morgan fingerprint density at radius 1 is 1.13 bits per heavy atom. The average molecular weight is 330 g/mol. The van der Waals surface area contributed by atoms with E-state index in [9.17, 15) is 9.59 Å². The van der Waals surface area contributed by atoms with Gasteiger partial charge in [-0.3, -0.25) is 9.59 Å². The molecule has 0 aliphatic heterocycles. The molecular weight excluding hydrogens is 312 g/mol. The van der Waals surface area contributed by atoms with Crippen molar-refractivity contribution < 1.29 is 14.3 Å². The molecule has 0 fully saturated rings. The van der Waals surface area contributed by atoms with Crippen LogP contribution in [0.5, 0.6) is 5.75 Å². The molecule has 2 amide bonds. The maximum Gasteiger partial charge on any atom is 0.250 e. The van der Waals surface area contributed by atoms with Gasteiger partial charge in [-0.2, -0.15) is 0 Å². The van der Waals surface area contributed by atoms with Crippen molar-refractivity contribution in [3.05, 3.63) is 54.1 Å². The van der Waals surface area contributed by atoms with E-state index in [1.54, 1.807) is 38.3 Å². The Balaban J connectivity index is 2.04. The SMILES string of the molecule is COc1ccc(S[C@@H](C)C(=O)Nc2ccccc2C(N)=O)cc1. The van der Waals surface area contributed by atoms with Crippen LogP contribution in [0.15, 0.2) is 53.4 Å². The molecule has 5 nitrogen and oxygen atoms in total. The third-order valence-electron chi connectivity index (χ3n) is 3.19. The first-order valence-electron chi connectivity index (χ1n) is 7.01. The van der Waals surface area contributed by atoms with Crippen LogP contribution in [0.1, 0.15) is 17.3 Å². The number of carbonyl (C=O) groups excluding carboxylic acids is 2. The average Bonchev–Trinajstić information content (AvgIpc) is 2.55. The second kappa shape index (κ2) is 7.69. The molecule has 3 N–H and O–H groups in total.